The van der Waals surface area contributed by atoms with Crippen LogP contribution in [0.15, 0.2) is 18.2 Å². The molecule has 0 heterocycles. The molecule has 1 rings (SSSR count). The van der Waals surface area contributed by atoms with Crippen LogP contribution in [-0.2, 0) is 0 Å². The fourth-order valence-electron chi connectivity index (χ4n) is 1.99. The normalized spacial score (nSPS) is 10.7. The monoisotopic (exact) mass is 275 g/mol. The summed E-state index contributed by atoms with van der Waals surface area (Å²) in [6.45, 7) is 5.21. The third kappa shape index (κ3) is 2.94. The third-order valence-corrected chi connectivity index (χ3v) is 3.45. The molecule has 1 amide bonds. The zero-order chi connectivity index (χ0) is 15.3. The maximum atomic E-state index is 12.3. The molecule has 1 aromatic carbocycles. The lowest BCUT2D eigenvalue weighted by Gasteiger charge is -2.25. The molecule has 0 fully saturated rings. The fourth-order valence-corrected chi connectivity index (χ4v) is 1.99. The van der Waals surface area contributed by atoms with Crippen LogP contribution in [0.5, 0.6) is 0 Å². The van der Waals surface area contributed by atoms with Gasteiger partial charge in [0.25, 0.3) is 11.6 Å². The van der Waals surface area contributed by atoms with Crippen molar-refractivity contribution in [2.24, 2.45) is 0 Å². The van der Waals surface area contributed by atoms with E-state index < -0.39 is 16.4 Å². The van der Waals surface area contributed by atoms with Gasteiger partial charge < -0.3 is 5.32 Å². The van der Waals surface area contributed by atoms with E-state index in [2.05, 4.69) is 11.4 Å². The van der Waals surface area contributed by atoms with Gasteiger partial charge in [-0.3, -0.25) is 14.9 Å². The molecule has 0 radical (unpaired) electrons. The Hall–Kier alpha value is -2.42. The molecular formula is C14H17N3O3. The highest BCUT2D eigenvalue weighted by atomic mass is 16.6. The van der Waals surface area contributed by atoms with Crippen molar-refractivity contribution in [3.8, 4) is 6.07 Å². The first kappa shape index (κ1) is 15.6. The van der Waals surface area contributed by atoms with E-state index in [9.17, 15) is 20.2 Å². The number of benzene rings is 1. The SMILES string of the molecule is CCC(C#N)(CC)NC(=O)c1c(C)cccc1[N+](=O)[O-]. The molecule has 6 heteroatoms. The minimum Gasteiger partial charge on any atom is -0.333 e. The van der Waals surface area contributed by atoms with E-state index in [1.807, 2.05) is 0 Å². The highest BCUT2D eigenvalue weighted by Crippen LogP contribution is 2.23. The summed E-state index contributed by atoms with van der Waals surface area (Å²) in [5, 5.41) is 22.9. The molecule has 0 unspecified atom stereocenters. The summed E-state index contributed by atoms with van der Waals surface area (Å²) in [6, 6.07) is 6.53. The van der Waals surface area contributed by atoms with E-state index in [-0.39, 0.29) is 11.3 Å². The van der Waals surface area contributed by atoms with Crippen molar-refractivity contribution in [1.82, 2.24) is 5.32 Å². The summed E-state index contributed by atoms with van der Waals surface area (Å²) in [5.74, 6) is -0.583. The topological polar surface area (TPSA) is 96.0 Å². The van der Waals surface area contributed by atoms with Gasteiger partial charge in [0.1, 0.15) is 11.1 Å². The van der Waals surface area contributed by atoms with Gasteiger partial charge in [-0.2, -0.15) is 5.26 Å². The average Bonchev–Trinajstić information content (AvgIpc) is 2.44. The van der Waals surface area contributed by atoms with E-state index in [0.717, 1.165) is 0 Å². The van der Waals surface area contributed by atoms with Crippen molar-refractivity contribution in [3.63, 3.8) is 0 Å². The number of rotatable bonds is 5. The maximum Gasteiger partial charge on any atom is 0.282 e. The van der Waals surface area contributed by atoms with Crippen LogP contribution in [0.25, 0.3) is 0 Å². The van der Waals surface area contributed by atoms with Gasteiger partial charge in [-0.1, -0.05) is 26.0 Å². The molecule has 20 heavy (non-hydrogen) atoms. The predicted molar refractivity (Wildman–Crippen MR) is 74.2 cm³/mol. The fraction of sp³-hybridized carbons (Fsp3) is 0.429. The van der Waals surface area contributed by atoms with Crippen LogP contribution in [0, 0.1) is 28.4 Å². The second-order valence-corrected chi connectivity index (χ2v) is 4.58. The minimum absolute atomic E-state index is 0.0130. The molecule has 1 aromatic rings. The van der Waals surface area contributed by atoms with E-state index in [1.54, 1.807) is 26.8 Å². The zero-order valence-corrected chi connectivity index (χ0v) is 11.8. The number of carbonyl (C=O) groups is 1. The van der Waals surface area contributed by atoms with E-state index >= 15 is 0 Å². The maximum absolute atomic E-state index is 12.3. The third-order valence-electron chi connectivity index (χ3n) is 3.45. The van der Waals surface area contributed by atoms with Crippen LogP contribution in [0.4, 0.5) is 5.69 Å². The Kier molecular flexibility index (Phi) is 4.81. The Balaban J connectivity index is 3.23. The highest BCUT2D eigenvalue weighted by molar-refractivity contribution is 6.00. The van der Waals surface area contributed by atoms with Gasteiger partial charge in [-0.15, -0.1) is 0 Å². The number of nitro benzene ring substituents is 1. The van der Waals surface area contributed by atoms with Crippen LogP contribution in [-0.4, -0.2) is 16.4 Å². The molecule has 6 nitrogen and oxygen atoms in total. The van der Waals surface area contributed by atoms with Gasteiger partial charge >= 0.3 is 0 Å². The molecule has 0 bridgehead atoms. The lowest BCUT2D eigenvalue weighted by Crippen LogP contribution is -2.46. The molecule has 106 valence electrons. The van der Waals surface area contributed by atoms with Crippen LogP contribution in [0.2, 0.25) is 0 Å². The summed E-state index contributed by atoms with van der Waals surface area (Å²) in [7, 11) is 0. The molecule has 0 spiro atoms. The summed E-state index contributed by atoms with van der Waals surface area (Å²) in [6.07, 6.45) is 0.872. The standard InChI is InChI=1S/C14H17N3O3/c1-4-14(5-2,9-15)16-13(18)12-10(3)7-6-8-11(12)17(19)20/h6-8H,4-5H2,1-3H3,(H,16,18). The zero-order valence-electron chi connectivity index (χ0n) is 11.8. The first-order valence-electron chi connectivity index (χ1n) is 6.38. The quantitative estimate of drug-likeness (QED) is 0.660. The number of hydrogen-bond acceptors (Lipinski definition) is 4. The first-order valence-corrected chi connectivity index (χ1v) is 6.38. The van der Waals surface area contributed by atoms with Crippen molar-refractivity contribution in [3.05, 3.63) is 39.4 Å². The Morgan fingerprint density at radius 3 is 2.50 bits per heavy atom. The van der Waals surface area contributed by atoms with Gasteiger partial charge in [-0.25, -0.2) is 0 Å². The first-order chi connectivity index (χ1) is 9.40. The summed E-state index contributed by atoms with van der Waals surface area (Å²) >= 11 is 0. The van der Waals surface area contributed by atoms with E-state index in [1.165, 1.54) is 12.1 Å². The molecule has 0 atom stereocenters. The Bertz CT molecular complexity index is 572. The predicted octanol–water partition coefficient (Wildman–Crippen LogP) is 2.72. The van der Waals surface area contributed by atoms with Crippen LogP contribution in [0.3, 0.4) is 0 Å². The molecular weight excluding hydrogens is 258 g/mol. The highest BCUT2D eigenvalue weighted by Gasteiger charge is 2.31. The molecule has 0 saturated heterocycles. The van der Waals surface area contributed by atoms with E-state index in [4.69, 9.17) is 0 Å². The van der Waals surface area contributed by atoms with Crippen molar-refractivity contribution in [2.75, 3.05) is 0 Å². The Morgan fingerprint density at radius 2 is 2.05 bits per heavy atom. The number of hydrogen-bond donors (Lipinski definition) is 1. The summed E-state index contributed by atoms with van der Waals surface area (Å²) < 4.78 is 0. The van der Waals surface area contributed by atoms with Crippen LogP contribution >= 0.6 is 0 Å². The Morgan fingerprint density at radius 1 is 1.45 bits per heavy atom. The molecule has 1 N–H and O–H groups in total. The molecule has 0 saturated carbocycles. The van der Waals surface area contributed by atoms with Gasteiger partial charge in [0.2, 0.25) is 0 Å². The van der Waals surface area contributed by atoms with Crippen molar-refractivity contribution in [2.45, 2.75) is 39.2 Å². The number of nitrogens with zero attached hydrogens (tertiary/aromatic N) is 2. The molecule has 0 aliphatic carbocycles. The number of nitrogens with one attached hydrogen (secondary N) is 1. The van der Waals surface area contributed by atoms with Gasteiger partial charge in [0, 0.05) is 6.07 Å². The van der Waals surface area contributed by atoms with Crippen molar-refractivity contribution in [1.29, 1.82) is 5.26 Å². The van der Waals surface area contributed by atoms with Crippen molar-refractivity contribution < 1.29 is 9.72 Å². The smallest absolute Gasteiger partial charge is 0.282 e. The second-order valence-electron chi connectivity index (χ2n) is 4.58. The number of carbonyl (C=O) groups excluding carboxylic acids is 1. The van der Waals surface area contributed by atoms with Crippen LogP contribution in [0.1, 0.15) is 42.6 Å². The summed E-state index contributed by atoms with van der Waals surface area (Å²) in [5.41, 5.74) is -0.718. The van der Waals surface area contributed by atoms with Crippen LogP contribution < -0.4 is 5.32 Å². The minimum atomic E-state index is -0.993. The largest absolute Gasteiger partial charge is 0.333 e. The number of nitro groups is 1. The van der Waals surface area contributed by atoms with Gasteiger partial charge in [-0.05, 0) is 25.3 Å². The number of nitriles is 1. The lowest BCUT2D eigenvalue weighted by atomic mass is 9.93. The lowest BCUT2D eigenvalue weighted by molar-refractivity contribution is -0.385. The molecule has 0 aliphatic rings. The number of amides is 1. The average molecular weight is 275 g/mol. The molecule has 0 aliphatic heterocycles. The molecule has 0 aromatic heterocycles. The van der Waals surface area contributed by atoms with Gasteiger partial charge in [0.05, 0.1) is 11.0 Å². The Labute approximate surface area is 117 Å². The van der Waals surface area contributed by atoms with Crippen molar-refractivity contribution >= 4 is 11.6 Å². The van der Waals surface area contributed by atoms with Gasteiger partial charge in [0.15, 0.2) is 0 Å². The van der Waals surface area contributed by atoms with E-state index in [0.29, 0.717) is 18.4 Å². The number of aryl methyl sites for hydroxylation is 1. The summed E-state index contributed by atoms with van der Waals surface area (Å²) in [4.78, 5) is 22.7. The second kappa shape index (κ2) is 6.15.